The van der Waals surface area contributed by atoms with E-state index >= 15 is 0 Å². The lowest BCUT2D eigenvalue weighted by atomic mass is 9.74. The first-order valence-electron chi connectivity index (χ1n) is 5.53. The Labute approximate surface area is 85.9 Å². The zero-order valence-corrected chi connectivity index (χ0v) is 9.05. The fraction of sp³-hybridized carbons (Fsp3) is 0.615. The molecule has 0 bridgehead atoms. The Morgan fingerprint density at radius 1 is 1.50 bits per heavy atom. The maximum Gasteiger partial charge on any atom is 0.163 e. The largest absolute Gasteiger partial charge is 0.294 e. The van der Waals surface area contributed by atoms with Crippen molar-refractivity contribution in [3.05, 3.63) is 23.8 Å². The van der Waals surface area contributed by atoms with Gasteiger partial charge < -0.3 is 0 Å². The van der Waals surface area contributed by atoms with E-state index in [1.165, 1.54) is 31.3 Å². The number of carbonyl (C=O) groups excluding carboxylic acids is 1. The molecule has 0 amide bonds. The first kappa shape index (κ1) is 9.70. The summed E-state index contributed by atoms with van der Waals surface area (Å²) in [7, 11) is 0. The van der Waals surface area contributed by atoms with Gasteiger partial charge in [-0.15, -0.1) is 0 Å². The van der Waals surface area contributed by atoms with Crippen molar-refractivity contribution >= 4 is 5.78 Å². The highest BCUT2D eigenvalue weighted by Crippen LogP contribution is 2.59. The van der Waals surface area contributed by atoms with Gasteiger partial charge in [-0.05, 0) is 51.0 Å². The molecule has 0 heterocycles. The molecule has 1 unspecified atom stereocenters. The molecule has 2 aliphatic rings. The minimum Gasteiger partial charge on any atom is -0.294 e. The van der Waals surface area contributed by atoms with Crippen molar-refractivity contribution in [2.45, 2.75) is 39.5 Å². The van der Waals surface area contributed by atoms with E-state index in [0.29, 0.717) is 11.2 Å². The summed E-state index contributed by atoms with van der Waals surface area (Å²) in [5.41, 5.74) is 1.67. The van der Waals surface area contributed by atoms with E-state index in [-0.39, 0.29) is 5.92 Å². The molecule has 0 aromatic heterocycles. The van der Waals surface area contributed by atoms with Gasteiger partial charge in [-0.25, -0.2) is 0 Å². The van der Waals surface area contributed by atoms with Crippen LogP contribution in [0.3, 0.4) is 0 Å². The molecular formula is C13H18O. The van der Waals surface area contributed by atoms with Crippen LogP contribution in [0.2, 0.25) is 0 Å². The lowest BCUT2D eigenvalue weighted by molar-refractivity contribution is -0.119. The second-order valence-electron chi connectivity index (χ2n) is 4.68. The summed E-state index contributed by atoms with van der Waals surface area (Å²) in [6.45, 7) is 4.03. The van der Waals surface area contributed by atoms with Gasteiger partial charge in [0, 0.05) is 5.92 Å². The topological polar surface area (TPSA) is 17.1 Å². The molecule has 1 spiro atoms. The Hall–Kier alpha value is -0.850. The molecule has 0 aromatic carbocycles. The third-order valence-corrected chi connectivity index (χ3v) is 3.68. The van der Waals surface area contributed by atoms with Crippen LogP contribution in [0.5, 0.6) is 0 Å². The fourth-order valence-corrected chi connectivity index (χ4v) is 2.82. The minimum absolute atomic E-state index is 0.201. The number of hydrogen-bond donors (Lipinski definition) is 0. The number of hydrogen-bond acceptors (Lipinski definition) is 1. The lowest BCUT2D eigenvalue weighted by Crippen LogP contribution is -2.27. The Morgan fingerprint density at radius 3 is 2.79 bits per heavy atom. The van der Waals surface area contributed by atoms with Crippen LogP contribution in [0, 0.1) is 11.3 Å². The van der Waals surface area contributed by atoms with Crippen LogP contribution in [0.25, 0.3) is 0 Å². The summed E-state index contributed by atoms with van der Waals surface area (Å²) < 4.78 is 0. The van der Waals surface area contributed by atoms with Gasteiger partial charge in [0.15, 0.2) is 5.78 Å². The summed E-state index contributed by atoms with van der Waals surface area (Å²) >= 11 is 0. The van der Waals surface area contributed by atoms with Crippen LogP contribution in [0.1, 0.15) is 39.5 Å². The molecule has 0 aliphatic heterocycles. The molecule has 0 radical (unpaired) electrons. The van der Waals surface area contributed by atoms with E-state index in [9.17, 15) is 4.79 Å². The lowest BCUT2D eigenvalue weighted by Gasteiger charge is -2.29. The summed E-state index contributed by atoms with van der Waals surface area (Å²) in [4.78, 5) is 11.9. The molecule has 2 rings (SSSR count). The van der Waals surface area contributed by atoms with Crippen LogP contribution in [-0.4, -0.2) is 5.78 Å². The third-order valence-electron chi connectivity index (χ3n) is 3.68. The average molecular weight is 190 g/mol. The monoisotopic (exact) mass is 190 g/mol. The Balaban J connectivity index is 2.25. The van der Waals surface area contributed by atoms with Gasteiger partial charge in [0.05, 0.1) is 0 Å². The molecular weight excluding hydrogens is 172 g/mol. The van der Waals surface area contributed by atoms with E-state index in [2.05, 4.69) is 13.0 Å². The number of rotatable bonds is 2. The van der Waals surface area contributed by atoms with E-state index in [1.54, 1.807) is 6.08 Å². The van der Waals surface area contributed by atoms with Gasteiger partial charge in [0.1, 0.15) is 0 Å². The normalized spacial score (nSPS) is 29.3. The maximum absolute atomic E-state index is 11.9. The highest BCUT2D eigenvalue weighted by molar-refractivity contribution is 5.94. The first-order chi connectivity index (χ1) is 6.69. The van der Waals surface area contributed by atoms with Gasteiger partial charge in [-0.3, -0.25) is 4.79 Å². The fourth-order valence-electron chi connectivity index (χ4n) is 2.82. The van der Waals surface area contributed by atoms with Crippen LogP contribution in [0.15, 0.2) is 23.8 Å². The molecule has 0 aromatic rings. The molecule has 2 aliphatic carbocycles. The van der Waals surface area contributed by atoms with Gasteiger partial charge in [0.2, 0.25) is 0 Å². The smallest absolute Gasteiger partial charge is 0.163 e. The number of carbonyl (C=O) groups is 1. The zero-order valence-electron chi connectivity index (χ0n) is 9.05. The van der Waals surface area contributed by atoms with Crippen LogP contribution in [0.4, 0.5) is 0 Å². The second kappa shape index (κ2) is 3.38. The van der Waals surface area contributed by atoms with Crippen molar-refractivity contribution in [3.8, 4) is 0 Å². The molecule has 1 fully saturated rings. The summed E-state index contributed by atoms with van der Waals surface area (Å²) in [5, 5.41) is 0. The number of ketones is 1. The predicted octanol–water partition coefficient (Wildman–Crippen LogP) is 3.27. The third kappa shape index (κ3) is 1.45. The standard InChI is InChI=1S/C13H18O/c1-3-5-11(14)12-10(2)6-4-7-13(12)8-9-13/h3,5-6,12H,4,7-9H2,1-2H3/b5-3+. The van der Waals surface area contributed by atoms with Crippen LogP contribution >= 0.6 is 0 Å². The summed E-state index contributed by atoms with van der Waals surface area (Å²) in [5.74, 6) is 0.519. The Morgan fingerprint density at radius 2 is 2.21 bits per heavy atom. The Kier molecular flexibility index (Phi) is 2.34. The van der Waals surface area contributed by atoms with E-state index in [0.717, 1.165) is 0 Å². The molecule has 1 heteroatoms. The van der Waals surface area contributed by atoms with Gasteiger partial charge in [0.25, 0.3) is 0 Å². The van der Waals surface area contributed by atoms with Crippen molar-refractivity contribution in [1.29, 1.82) is 0 Å². The predicted molar refractivity (Wildman–Crippen MR) is 58.0 cm³/mol. The van der Waals surface area contributed by atoms with Gasteiger partial charge >= 0.3 is 0 Å². The van der Waals surface area contributed by atoms with Crippen molar-refractivity contribution in [1.82, 2.24) is 0 Å². The molecule has 1 atom stereocenters. The quantitative estimate of drug-likeness (QED) is 0.482. The van der Waals surface area contributed by atoms with Crippen LogP contribution in [-0.2, 0) is 4.79 Å². The average Bonchev–Trinajstić information content (AvgIpc) is 2.85. The van der Waals surface area contributed by atoms with Gasteiger partial charge in [-0.2, -0.15) is 0 Å². The van der Waals surface area contributed by atoms with Gasteiger partial charge in [-0.1, -0.05) is 17.7 Å². The maximum atomic E-state index is 11.9. The summed E-state index contributed by atoms with van der Waals surface area (Å²) in [6, 6.07) is 0. The molecule has 1 nitrogen and oxygen atoms in total. The molecule has 0 N–H and O–H groups in total. The minimum atomic E-state index is 0.201. The molecule has 76 valence electrons. The van der Waals surface area contributed by atoms with E-state index < -0.39 is 0 Å². The molecule has 0 saturated heterocycles. The summed E-state index contributed by atoms with van der Waals surface area (Å²) in [6.07, 6.45) is 10.8. The van der Waals surface area contributed by atoms with Crippen molar-refractivity contribution < 1.29 is 4.79 Å². The Bertz CT molecular complexity index is 305. The van der Waals surface area contributed by atoms with Crippen molar-refractivity contribution in [3.63, 3.8) is 0 Å². The number of allylic oxidation sites excluding steroid dienone is 4. The zero-order chi connectivity index (χ0) is 10.2. The van der Waals surface area contributed by atoms with E-state index in [1.807, 2.05) is 13.0 Å². The molecule has 14 heavy (non-hydrogen) atoms. The second-order valence-corrected chi connectivity index (χ2v) is 4.68. The van der Waals surface area contributed by atoms with Crippen molar-refractivity contribution in [2.24, 2.45) is 11.3 Å². The van der Waals surface area contributed by atoms with Crippen molar-refractivity contribution in [2.75, 3.05) is 0 Å². The highest BCUT2D eigenvalue weighted by Gasteiger charge is 2.52. The first-order valence-corrected chi connectivity index (χ1v) is 5.53. The van der Waals surface area contributed by atoms with E-state index in [4.69, 9.17) is 0 Å². The highest BCUT2D eigenvalue weighted by atomic mass is 16.1. The molecule has 1 saturated carbocycles. The SMILES string of the molecule is C/C=C/C(=O)C1C(C)=CCCC12CC2. The van der Waals surface area contributed by atoms with Crippen LogP contribution < -0.4 is 0 Å².